The molecule has 0 fully saturated rings. The molecule has 2 aromatic heterocycles. The van der Waals surface area contributed by atoms with Gasteiger partial charge in [0.2, 0.25) is 5.91 Å². The molecule has 1 aliphatic rings. The predicted molar refractivity (Wildman–Crippen MR) is 183 cm³/mol. The van der Waals surface area contributed by atoms with Crippen LogP contribution in [0.4, 0.5) is 10.6 Å². The third kappa shape index (κ3) is 8.37. The van der Waals surface area contributed by atoms with Crippen LogP contribution >= 0.6 is 0 Å². The number of carbonyl (C=O) groups excluding carboxylic acids is 3. The number of carboxylic acid groups (broad SMARTS) is 1. The highest BCUT2D eigenvalue weighted by atomic mass is 32.3. The second-order valence-corrected chi connectivity index (χ2v) is 12.7. The van der Waals surface area contributed by atoms with Gasteiger partial charge in [-0.1, -0.05) is 66.7 Å². The molecule has 4 N–H and O–H groups in total. The smallest absolute Gasteiger partial charge is 0.407 e. The summed E-state index contributed by atoms with van der Waals surface area (Å²) in [6.07, 6.45) is 1.40. The van der Waals surface area contributed by atoms with Gasteiger partial charge in [0.25, 0.3) is 5.91 Å². The Balaban J connectivity index is 1.16. The Labute approximate surface area is 296 Å². The molecule has 1 aliphatic carbocycles. The van der Waals surface area contributed by atoms with E-state index in [-0.39, 0.29) is 29.5 Å². The SMILES string of the molecule is O=C(O)CN(C[C@H](COS(=O)(=O)O)NC(=O)OCC1c2ccccc2-c2ccccc21)C(=O)Cn1cnc2c(NC(=O)c3ccccc3)ncnc21. The molecule has 52 heavy (non-hydrogen) atoms. The van der Waals surface area contributed by atoms with E-state index < -0.39 is 66.6 Å². The number of amides is 3. The molecule has 0 aliphatic heterocycles. The molecule has 1 atom stereocenters. The minimum absolute atomic E-state index is 0.0714. The monoisotopic (exact) mass is 729 g/mol. The molecule has 3 amide bonds. The van der Waals surface area contributed by atoms with Crippen molar-refractivity contribution in [2.75, 3.05) is 31.6 Å². The van der Waals surface area contributed by atoms with Gasteiger partial charge in [0.1, 0.15) is 26.0 Å². The molecule has 18 heteroatoms. The van der Waals surface area contributed by atoms with Gasteiger partial charge in [-0.2, -0.15) is 8.42 Å². The van der Waals surface area contributed by atoms with Gasteiger partial charge < -0.3 is 29.9 Å². The number of aromatic nitrogens is 4. The van der Waals surface area contributed by atoms with Crippen LogP contribution in [0.5, 0.6) is 0 Å². The maximum Gasteiger partial charge on any atom is 0.407 e. The summed E-state index contributed by atoms with van der Waals surface area (Å²) in [5.74, 6) is -2.88. The largest absolute Gasteiger partial charge is 0.480 e. The van der Waals surface area contributed by atoms with E-state index in [1.54, 1.807) is 30.3 Å². The molecule has 0 saturated heterocycles. The van der Waals surface area contributed by atoms with Crippen molar-refractivity contribution in [2.24, 2.45) is 0 Å². The van der Waals surface area contributed by atoms with Gasteiger partial charge in [0, 0.05) is 18.0 Å². The van der Waals surface area contributed by atoms with Crippen LogP contribution < -0.4 is 10.6 Å². The lowest BCUT2D eigenvalue weighted by molar-refractivity contribution is -0.145. The summed E-state index contributed by atoms with van der Waals surface area (Å²) in [5.41, 5.74) is 4.56. The van der Waals surface area contributed by atoms with Crippen LogP contribution in [0.25, 0.3) is 22.3 Å². The number of alkyl carbamates (subject to hydrolysis) is 1. The summed E-state index contributed by atoms with van der Waals surface area (Å²) in [4.78, 5) is 64.4. The molecule has 0 spiro atoms. The van der Waals surface area contributed by atoms with Crippen molar-refractivity contribution in [1.82, 2.24) is 29.7 Å². The van der Waals surface area contributed by atoms with Crippen LogP contribution in [-0.2, 0) is 35.5 Å². The zero-order valence-corrected chi connectivity index (χ0v) is 28.0. The summed E-state index contributed by atoms with van der Waals surface area (Å²) in [6, 6.07) is 22.3. The molecule has 0 radical (unpaired) electrons. The zero-order valence-electron chi connectivity index (χ0n) is 27.2. The van der Waals surface area contributed by atoms with Crippen molar-refractivity contribution in [3.05, 3.63) is 108 Å². The van der Waals surface area contributed by atoms with Crippen LogP contribution in [0, 0.1) is 0 Å². The summed E-state index contributed by atoms with van der Waals surface area (Å²) in [6.45, 7) is -2.87. The van der Waals surface area contributed by atoms with Gasteiger partial charge in [-0.3, -0.25) is 18.9 Å². The third-order valence-corrected chi connectivity index (χ3v) is 8.61. The minimum atomic E-state index is -4.99. The van der Waals surface area contributed by atoms with Crippen LogP contribution in [0.3, 0.4) is 0 Å². The summed E-state index contributed by atoms with van der Waals surface area (Å²) in [5, 5.41) is 14.7. The van der Waals surface area contributed by atoms with Gasteiger partial charge in [0.05, 0.1) is 19.0 Å². The van der Waals surface area contributed by atoms with Crippen molar-refractivity contribution in [3.8, 4) is 11.1 Å². The quantitative estimate of drug-likeness (QED) is 0.121. The molecule has 0 unspecified atom stereocenters. The number of hydrogen-bond acceptors (Lipinski definition) is 11. The van der Waals surface area contributed by atoms with E-state index in [2.05, 4.69) is 29.8 Å². The van der Waals surface area contributed by atoms with E-state index in [4.69, 9.17) is 4.74 Å². The number of nitrogens with one attached hydrogen (secondary N) is 2. The standard InChI is InChI=1S/C34H31N7O10S/c42-28(15-41-20-37-30-31(35-19-36-32(30)41)39-33(45)21-8-2-1-3-9-21)40(16-29(43)44)14-22(17-51-52(47,48)49)38-34(46)50-18-27-25-12-6-4-10-23(25)24-11-5-7-13-26(24)27/h1-13,19-20,22,27H,14-18H2,(H,38,46)(H,43,44)(H,47,48,49)(H,35,36,39,45)/t22-/m1/s1. The van der Waals surface area contributed by atoms with E-state index in [1.807, 2.05) is 48.5 Å². The lowest BCUT2D eigenvalue weighted by atomic mass is 9.98. The Morgan fingerprint density at radius 1 is 0.904 bits per heavy atom. The molecule has 2 heterocycles. The number of nitrogens with zero attached hydrogens (tertiary/aromatic N) is 5. The number of hydrogen-bond donors (Lipinski definition) is 4. The van der Waals surface area contributed by atoms with Gasteiger partial charge in [0.15, 0.2) is 17.0 Å². The maximum absolute atomic E-state index is 13.5. The number of anilines is 1. The van der Waals surface area contributed by atoms with Crippen molar-refractivity contribution in [3.63, 3.8) is 0 Å². The number of ether oxygens (including phenoxy) is 1. The Kier molecular flexibility index (Phi) is 10.5. The van der Waals surface area contributed by atoms with Gasteiger partial charge in [-0.25, -0.2) is 23.9 Å². The average Bonchev–Trinajstić information content (AvgIpc) is 3.68. The highest BCUT2D eigenvalue weighted by Gasteiger charge is 2.30. The normalized spacial score (nSPS) is 12.8. The fraction of sp³-hybridized carbons (Fsp3) is 0.206. The van der Waals surface area contributed by atoms with Gasteiger partial charge in [-0.05, 0) is 34.4 Å². The topological polar surface area (TPSA) is 232 Å². The molecule has 0 saturated carbocycles. The molecule has 6 rings (SSSR count). The summed E-state index contributed by atoms with van der Waals surface area (Å²) < 4.78 is 43.4. The first kappa shape index (κ1) is 35.6. The minimum Gasteiger partial charge on any atom is -0.480 e. The van der Waals surface area contributed by atoms with E-state index >= 15 is 0 Å². The van der Waals surface area contributed by atoms with Crippen LogP contribution in [-0.4, -0.2) is 98.7 Å². The zero-order chi connectivity index (χ0) is 36.8. The fourth-order valence-electron chi connectivity index (χ4n) is 5.90. The Bertz CT molecular complexity index is 2200. The Morgan fingerprint density at radius 3 is 2.21 bits per heavy atom. The van der Waals surface area contributed by atoms with E-state index in [9.17, 15) is 37.3 Å². The van der Waals surface area contributed by atoms with E-state index in [0.29, 0.717) is 5.56 Å². The first-order valence-corrected chi connectivity index (χ1v) is 17.1. The van der Waals surface area contributed by atoms with Crippen LogP contribution in [0.15, 0.2) is 91.5 Å². The number of rotatable bonds is 14. The number of aliphatic carboxylic acids is 1. The Hall–Kier alpha value is -6.24. The number of fused-ring (bicyclic) bond motifs is 4. The fourth-order valence-corrected chi connectivity index (χ4v) is 6.24. The molecule has 5 aromatic rings. The van der Waals surface area contributed by atoms with Crippen molar-refractivity contribution in [2.45, 2.75) is 18.5 Å². The molecule has 3 aromatic carbocycles. The highest BCUT2D eigenvalue weighted by molar-refractivity contribution is 7.80. The molecule has 0 bridgehead atoms. The third-order valence-electron chi connectivity index (χ3n) is 8.18. The molecule has 17 nitrogen and oxygen atoms in total. The summed E-state index contributed by atoms with van der Waals surface area (Å²) >= 11 is 0. The predicted octanol–water partition coefficient (Wildman–Crippen LogP) is 2.72. The number of carbonyl (C=O) groups is 4. The Morgan fingerprint density at radius 2 is 1.56 bits per heavy atom. The number of benzene rings is 3. The van der Waals surface area contributed by atoms with Gasteiger partial charge >= 0.3 is 22.5 Å². The average molecular weight is 730 g/mol. The second-order valence-electron chi connectivity index (χ2n) is 11.6. The number of imidazole rings is 1. The molecular weight excluding hydrogens is 698 g/mol. The van der Waals surface area contributed by atoms with E-state index in [0.717, 1.165) is 33.5 Å². The van der Waals surface area contributed by atoms with Gasteiger partial charge in [-0.15, -0.1) is 0 Å². The van der Waals surface area contributed by atoms with E-state index in [1.165, 1.54) is 10.9 Å². The van der Waals surface area contributed by atoms with Crippen LogP contribution in [0.1, 0.15) is 27.4 Å². The van der Waals surface area contributed by atoms with Crippen molar-refractivity contribution >= 4 is 51.3 Å². The maximum atomic E-state index is 13.5. The van der Waals surface area contributed by atoms with Crippen molar-refractivity contribution < 1.29 is 46.2 Å². The number of carboxylic acids is 1. The molecule has 268 valence electrons. The van der Waals surface area contributed by atoms with Crippen molar-refractivity contribution in [1.29, 1.82) is 0 Å². The first-order valence-electron chi connectivity index (χ1n) is 15.7. The second kappa shape index (κ2) is 15.3. The molecular formula is C34H31N7O10S. The lowest BCUT2D eigenvalue weighted by Gasteiger charge is -2.27. The first-order chi connectivity index (χ1) is 25.0. The lowest BCUT2D eigenvalue weighted by Crippen LogP contribution is -2.50. The highest BCUT2D eigenvalue weighted by Crippen LogP contribution is 2.44. The summed E-state index contributed by atoms with van der Waals surface area (Å²) in [7, 11) is -4.99. The van der Waals surface area contributed by atoms with Crippen LogP contribution in [0.2, 0.25) is 0 Å².